The Kier molecular flexibility index (Phi) is 21.6. The number of likely N-dealkylation sites (tertiary alicyclic amines) is 2. The predicted molar refractivity (Wildman–Crippen MR) is 339 cm³/mol. The molecule has 2 aliphatic carbocycles. The molecule has 7 rings (SSSR count). The van der Waals surface area contributed by atoms with E-state index in [9.17, 15) is 38.4 Å². The van der Waals surface area contributed by atoms with Crippen LogP contribution < -0.4 is 31.9 Å². The van der Waals surface area contributed by atoms with E-state index in [0.717, 1.165) is 57.7 Å². The summed E-state index contributed by atoms with van der Waals surface area (Å²) < 4.78 is 11.0. The largest absolute Gasteiger partial charge is 0.444 e. The first-order valence-electron chi connectivity index (χ1n) is 31.5. The summed E-state index contributed by atoms with van der Waals surface area (Å²) in [6, 6.07) is 13.1. The van der Waals surface area contributed by atoms with Gasteiger partial charge in [-0.05, 0) is 164 Å². The minimum atomic E-state index is -1.17. The average molecular weight is 1250 g/mol. The number of hydrogen-bond acceptors (Lipinski definition) is 12. The zero-order valence-electron chi connectivity index (χ0n) is 55.5. The van der Waals surface area contributed by atoms with Crippen molar-refractivity contribution in [2.45, 2.75) is 220 Å². The van der Waals surface area contributed by atoms with Gasteiger partial charge in [-0.15, -0.1) is 0 Å². The molecule has 22 heteroatoms. The fourth-order valence-corrected chi connectivity index (χ4v) is 12.0. The van der Waals surface area contributed by atoms with Crippen LogP contribution in [0.15, 0.2) is 72.8 Å². The van der Waals surface area contributed by atoms with Crippen LogP contribution in [0.4, 0.5) is 9.59 Å². The molecule has 2 saturated heterocycles. The number of likely N-dealkylation sites (N-methyl/N-ethyl adjacent to an activating group) is 2. The lowest BCUT2D eigenvalue weighted by Crippen LogP contribution is -2.60. The molecule has 3 aromatic rings. The maximum atomic E-state index is 15.0. The molecule has 0 aromatic heterocycles. The lowest BCUT2D eigenvalue weighted by Gasteiger charge is -2.37. The van der Waals surface area contributed by atoms with Crippen molar-refractivity contribution in [3.05, 3.63) is 106 Å². The van der Waals surface area contributed by atoms with Crippen molar-refractivity contribution in [1.82, 2.24) is 51.5 Å². The monoisotopic (exact) mass is 1240 g/mol. The standard InChI is InChI=1S/C68H96N10O12/c1-39(75(15)63(87)89-67(9,10)11)55(79)73-53(65(3,4)5)61(85)77-37-45(35-51(77)59(83)71-49-29-21-25-41-23-17-19-27-47(41)49)69-57(81)43-31-33-44(34-32-43)58(82)70-46-36-52(60(84)72-50-30-22-26-42-24-18-20-28-48(42)50)78(38-46)62(86)54(66(6,7)8)74-56(80)40(2)76(16)64(88)90-68(12,13)14/h17-20,23-24,27-28,31-34,39-40,45-46,49-54H,21-22,25-26,29-30,35-38H2,1-16H3,(H,69,81)(H,70,82)(H,71,83)(H,72,84)(H,73,79)(H,74,80)/t39-,40-,45-,46-,49+,50?,51-,52-,53+,54+/m0/s1. The summed E-state index contributed by atoms with van der Waals surface area (Å²) in [6.07, 6.45) is 3.44. The van der Waals surface area contributed by atoms with Crippen LogP contribution >= 0.6 is 0 Å². The topological polar surface area (TPSA) is 274 Å². The third-order valence-corrected chi connectivity index (χ3v) is 17.3. The Balaban J connectivity index is 1.07. The summed E-state index contributed by atoms with van der Waals surface area (Å²) in [5.74, 6) is -4.23. The Bertz CT molecular complexity index is 2970. The average Bonchev–Trinajstić information content (AvgIpc) is 1.59. The van der Waals surface area contributed by atoms with Gasteiger partial charge in [-0.25, -0.2) is 9.59 Å². The number of rotatable bonds is 16. The number of nitrogens with zero attached hydrogens (tertiary/aromatic N) is 4. The van der Waals surface area contributed by atoms with E-state index in [-0.39, 0.29) is 49.1 Å². The zero-order valence-corrected chi connectivity index (χ0v) is 55.5. The molecule has 0 saturated carbocycles. The molecule has 0 spiro atoms. The van der Waals surface area contributed by atoms with Crippen LogP contribution in [0.1, 0.15) is 191 Å². The van der Waals surface area contributed by atoms with Crippen LogP contribution in [-0.2, 0) is 51.1 Å². The van der Waals surface area contributed by atoms with Gasteiger partial charge < -0.3 is 51.2 Å². The minimum absolute atomic E-state index is 0.0437. The lowest BCUT2D eigenvalue weighted by molar-refractivity contribution is -0.144. The normalized spacial score (nSPS) is 21.3. The second kappa shape index (κ2) is 28.0. The molecule has 10 amide bonds. The molecular formula is C68H96N10O12. The van der Waals surface area contributed by atoms with Crippen LogP contribution in [0, 0.1) is 10.8 Å². The number of nitrogens with one attached hydrogen (secondary N) is 6. The SMILES string of the molecule is C[C@@H](C(=O)N[C@H](C(=O)N1C[C@@H](NC(=O)c2ccc(C(=O)N[C@H]3C[C@@H](C(=O)N[C@@H]4CCCc5ccccc54)N(C(=O)[C@@H](NC(=O)[C@H](C)N(C)C(=O)OC(C)(C)C)C(C)(C)C)C3)cc2)C[C@H]1C(=O)NC1CCCc2ccccc21)C(C)(C)C)N(C)C(=O)OC(C)(C)C. The van der Waals surface area contributed by atoms with Gasteiger partial charge in [0.1, 0.15) is 47.5 Å². The Labute approximate surface area is 530 Å². The lowest BCUT2D eigenvalue weighted by atomic mass is 9.85. The number of fused-ring (bicyclic) bond motifs is 2. The van der Waals surface area contributed by atoms with Gasteiger partial charge in [-0.1, -0.05) is 90.1 Å². The van der Waals surface area contributed by atoms with Crippen molar-refractivity contribution < 1.29 is 57.4 Å². The Morgan fingerprint density at radius 1 is 0.489 bits per heavy atom. The van der Waals surface area contributed by atoms with Gasteiger partial charge in [0.05, 0.1) is 12.1 Å². The third kappa shape index (κ3) is 17.3. The van der Waals surface area contributed by atoms with Gasteiger partial charge in [0.25, 0.3) is 11.8 Å². The fraction of sp³-hybridized carbons (Fsp3) is 0.588. The van der Waals surface area contributed by atoms with Gasteiger partial charge in [-0.2, -0.15) is 0 Å². The molecule has 1 unspecified atom stereocenters. The molecule has 490 valence electrons. The van der Waals surface area contributed by atoms with Crippen LogP contribution in [0.25, 0.3) is 0 Å². The van der Waals surface area contributed by atoms with E-state index >= 15 is 9.59 Å². The fourth-order valence-electron chi connectivity index (χ4n) is 12.0. The highest BCUT2D eigenvalue weighted by atomic mass is 16.6. The van der Waals surface area contributed by atoms with Crippen molar-refractivity contribution >= 4 is 59.4 Å². The van der Waals surface area contributed by atoms with Crippen molar-refractivity contribution in [2.75, 3.05) is 27.2 Å². The van der Waals surface area contributed by atoms with Gasteiger partial charge in [0, 0.05) is 50.4 Å². The highest BCUT2D eigenvalue weighted by Gasteiger charge is 2.49. The first-order chi connectivity index (χ1) is 41.9. The molecule has 3 aromatic carbocycles. The molecular weight excluding hydrogens is 1150 g/mol. The number of benzene rings is 3. The Morgan fingerprint density at radius 2 is 0.822 bits per heavy atom. The van der Waals surface area contributed by atoms with Gasteiger partial charge >= 0.3 is 12.2 Å². The first-order valence-corrected chi connectivity index (χ1v) is 31.5. The van der Waals surface area contributed by atoms with E-state index in [1.807, 2.05) is 48.5 Å². The molecule has 90 heavy (non-hydrogen) atoms. The zero-order chi connectivity index (χ0) is 66.5. The van der Waals surface area contributed by atoms with E-state index in [0.29, 0.717) is 12.8 Å². The predicted octanol–water partition coefficient (Wildman–Crippen LogP) is 7.05. The molecule has 0 bridgehead atoms. The van der Waals surface area contributed by atoms with Crippen molar-refractivity contribution in [1.29, 1.82) is 0 Å². The number of carbonyl (C=O) groups is 10. The number of ether oxygens (including phenoxy) is 2. The molecule has 2 aliphatic heterocycles. The number of hydrogen-bond donors (Lipinski definition) is 6. The van der Waals surface area contributed by atoms with E-state index < -0.39 is 130 Å². The van der Waals surface area contributed by atoms with Crippen molar-refractivity contribution in [3.8, 4) is 0 Å². The summed E-state index contributed by atoms with van der Waals surface area (Å²) in [6.45, 7) is 23.9. The maximum Gasteiger partial charge on any atom is 0.410 e. The number of amides is 10. The van der Waals surface area contributed by atoms with Crippen LogP contribution in [0.2, 0.25) is 0 Å². The smallest absolute Gasteiger partial charge is 0.410 e. The second-order valence-electron chi connectivity index (χ2n) is 28.9. The van der Waals surface area contributed by atoms with Gasteiger partial charge in [0.15, 0.2) is 0 Å². The molecule has 6 N–H and O–H groups in total. The second-order valence-corrected chi connectivity index (χ2v) is 28.9. The van der Waals surface area contributed by atoms with Gasteiger partial charge in [-0.3, -0.25) is 48.2 Å². The number of carbonyl (C=O) groups excluding carboxylic acids is 10. The first kappa shape index (κ1) is 69.4. The van der Waals surface area contributed by atoms with Crippen LogP contribution in [-0.4, -0.2) is 166 Å². The van der Waals surface area contributed by atoms with Crippen LogP contribution in [0.5, 0.6) is 0 Å². The van der Waals surface area contributed by atoms with Crippen LogP contribution in [0.3, 0.4) is 0 Å². The molecule has 0 radical (unpaired) electrons. The summed E-state index contributed by atoms with van der Waals surface area (Å²) >= 11 is 0. The van der Waals surface area contributed by atoms with E-state index in [4.69, 9.17) is 9.47 Å². The Hall–Kier alpha value is -8.04. The molecule has 4 aliphatic rings. The summed E-state index contributed by atoms with van der Waals surface area (Å²) in [5, 5.41) is 18.2. The minimum Gasteiger partial charge on any atom is -0.444 e. The third-order valence-electron chi connectivity index (χ3n) is 17.3. The van der Waals surface area contributed by atoms with E-state index in [1.54, 1.807) is 83.1 Å². The quantitative estimate of drug-likeness (QED) is 0.0843. The molecule has 22 nitrogen and oxygen atoms in total. The Morgan fingerprint density at radius 3 is 1.14 bits per heavy atom. The van der Waals surface area contributed by atoms with E-state index in [1.165, 1.54) is 62.0 Å². The van der Waals surface area contributed by atoms with Crippen molar-refractivity contribution in [2.24, 2.45) is 10.8 Å². The summed E-state index contributed by atoms with van der Waals surface area (Å²) in [4.78, 5) is 147. The maximum absolute atomic E-state index is 15.0. The van der Waals surface area contributed by atoms with Crippen molar-refractivity contribution in [3.63, 3.8) is 0 Å². The number of aryl methyl sites for hydroxylation is 2. The summed E-state index contributed by atoms with van der Waals surface area (Å²) in [7, 11) is 2.87. The van der Waals surface area contributed by atoms with Gasteiger partial charge in [0.2, 0.25) is 35.4 Å². The molecule has 2 heterocycles. The molecule has 10 atom stereocenters. The highest BCUT2D eigenvalue weighted by Crippen LogP contribution is 2.34. The highest BCUT2D eigenvalue weighted by molar-refractivity contribution is 6.00. The van der Waals surface area contributed by atoms with E-state index in [2.05, 4.69) is 31.9 Å². The molecule has 2 fully saturated rings. The summed E-state index contributed by atoms with van der Waals surface area (Å²) in [5.41, 5.74) is 1.19.